The van der Waals surface area contributed by atoms with Gasteiger partial charge in [-0.05, 0) is 45.9 Å². The van der Waals surface area contributed by atoms with Gasteiger partial charge in [-0.3, -0.25) is 19.7 Å². The fourth-order valence-electron chi connectivity index (χ4n) is 2.79. The number of amides is 2. The Bertz CT molecular complexity index is 894. The highest BCUT2D eigenvalue weighted by atomic mass is 35.5. The van der Waals surface area contributed by atoms with Crippen LogP contribution in [-0.2, 0) is 0 Å². The van der Waals surface area contributed by atoms with E-state index >= 15 is 0 Å². The molecule has 0 N–H and O–H groups in total. The minimum absolute atomic E-state index is 0.0448. The number of nitrogens with zero attached hydrogens (tertiary/aromatic N) is 3. The van der Waals surface area contributed by atoms with Gasteiger partial charge in [0.1, 0.15) is 0 Å². The van der Waals surface area contributed by atoms with E-state index < -0.39 is 16.4 Å². The summed E-state index contributed by atoms with van der Waals surface area (Å²) in [5.41, 5.74) is -0.429. The molecule has 0 radical (unpaired) electrons. The lowest BCUT2D eigenvalue weighted by molar-refractivity contribution is -0.384. The number of benzene rings is 2. The molecule has 0 atom stereocenters. The number of rotatable bonds is 4. The Morgan fingerprint density at radius 3 is 2.14 bits per heavy atom. The summed E-state index contributed by atoms with van der Waals surface area (Å²) in [7, 11) is 0. The molecule has 0 aliphatic heterocycles. The van der Waals surface area contributed by atoms with E-state index in [0.29, 0.717) is 5.56 Å². The summed E-state index contributed by atoms with van der Waals surface area (Å²) in [4.78, 5) is 36.7. The third kappa shape index (κ3) is 4.48. The normalized spacial score (nSPS) is 11.0. The minimum Gasteiger partial charge on any atom is -0.267 e. The molecule has 28 heavy (non-hydrogen) atoms. The number of non-ortho nitro benzene ring substituents is 1. The molecule has 0 aromatic heterocycles. The van der Waals surface area contributed by atoms with Gasteiger partial charge in [-0.2, -0.15) is 0 Å². The van der Waals surface area contributed by atoms with Crippen LogP contribution in [0.1, 0.15) is 48.4 Å². The van der Waals surface area contributed by atoms with E-state index in [4.69, 9.17) is 11.6 Å². The average Bonchev–Trinajstić information content (AvgIpc) is 2.64. The molecule has 0 fully saturated rings. The zero-order chi connectivity index (χ0) is 21.1. The predicted molar refractivity (Wildman–Crippen MR) is 107 cm³/mol. The molecular weight excluding hydrogens is 382 g/mol. The second-order valence-corrected chi connectivity index (χ2v) is 7.50. The van der Waals surface area contributed by atoms with Crippen LogP contribution in [0.2, 0.25) is 5.02 Å². The molecule has 0 bridgehead atoms. The first kappa shape index (κ1) is 21.4. The van der Waals surface area contributed by atoms with E-state index in [1.807, 2.05) is 0 Å². The number of hydrogen-bond acceptors (Lipinski definition) is 4. The number of nitro benzene ring substituents is 1. The molecule has 0 unspecified atom stereocenters. The van der Waals surface area contributed by atoms with E-state index in [-0.39, 0.29) is 28.7 Å². The number of hydrazine groups is 1. The summed E-state index contributed by atoms with van der Waals surface area (Å²) >= 11 is 6.15. The Kier molecular flexibility index (Phi) is 6.41. The Morgan fingerprint density at radius 2 is 1.68 bits per heavy atom. The van der Waals surface area contributed by atoms with Crippen molar-refractivity contribution in [2.45, 2.75) is 33.2 Å². The number of carbonyl (C=O) groups is 2. The van der Waals surface area contributed by atoms with Crippen molar-refractivity contribution in [3.8, 4) is 0 Å². The first-order valence-corrected chi connectivity index (χ1v) is 9.11. The van der Waals surface area contributed by atoms with Crippen LogP contribution in [0.25, 0.3) is 0 Å². The molecule has 2 rings (SSSR count). The van der Waals surface area contributed by atoms with Crippen molar-refractivity contribution >= 4 is 29.1 Å². The van der Waals surface area contributed by atoms with Gasteiger partial charge < -0.3 is 0 Å². The van der Waals surface area contributed by atoms with Crippen molar-refractivity contribution in [1.29, 1.82) is 0 Å². The highest BCUT2D eigenvalue weighted by Crippen LogP contribution is 2.28. The summed E-state index contributed by atoms with van der Waals surface area (Å²) in [6.45, 7) is 7.41. The third-order valence-corrected chi connectivity index (χ3v) is 4.33. The summed E-state index contributed by atoms with van der Waals surface area (Å²) in [5, 5.41) is 13.6. The van der Waals surface area contributed by atoms with Gasteiger partial charge >= 0.3 is 0 Å². The first-order valence-electron chi connectivity index (χ1n) is 8.73. The van der Waals surface area contributed by atoms with Crippen LogP contribution in [0.4, 0.5) is 5.69 Å². The van der Waals surface area contributed by atoms with Crippen LogP contribution in [0, 0.1) is 10.1 Å². The molecule has 0 aliphatic rings. The maximum Gasteiger partial charge on any atom is 0.274 e. The molecule has 8 heteroatoms. The monoisotopic (exact) mass is 403 g/mol. The second-order valence-electron chi connectivity index (χ2n) is 7.10. The quantitative estimate of drug-likeness (QED) is 0.553. The topological polar surface area (TPSA) is 83.8 Å². The third-order valence-electron chi connectivity index (χ3n) is 4.02. The minimum atomic E-state index is -0.747. The van der Waals surface area contributed by atoms with Gasteiger partial charge in [0.2, 0.25) is 0 Å². The Morgan fingerprint density at radius 1 is 1.07 bits per heavy atom. The summed E-state index contributed by atoms with van der Waals surface area (Å²) in [6, 6.07) is 12.3. The Balaban J connectivity index is 2.49. The number of nitro groups is 1. The van der Waals surface area contributed by atoms with Gasteiger partial charge in [-0.25, -0.2) is 10.0 Å². The zero-order valence-corrected chi connectivity index (χ0v) is 16.9. The lowest BCUT2D eigenvalue weighted by Crippen LogP contribution is -2.58. The molecule has 0 heterocycles. The molecule has 0 spiro atoms. The fraction of sp³-hybridized carbons (Fsp3) is 0.300. The Labute approximate surface area is 168 Å². The molecule has 2 aromatic carbocycles. The smallest absolute Gasteiger partial charge is 0.267 e. The number of hydrogen-bond donors (Lipinski definition) is 0. The zero-order valence-electron chi connectivity index (χ0n) is 16.2. The number of halogens is 1. The van der Waals surface area contributed by atoms with Crippen LogP contribution in [-0.4, -0.2) is 38.8 Å². The fourth-order valence-corrected chi connectivity index (χ4v) is 3.04. The SMILES string of the molecule is CCN(C(=O)c1ccccc1)N(C(=O)c1ccc([N+](=O)[O-])cc1Cl)C(C)(C)C. The molecule has 2 amide bonds. The summed E-state index contributed by atoms with van der Waals surface area (Å²) < 4.78 is 0. The van der Waals surface area contributed by atoms with Gasteiger partial charge in [0, 0.05) is 24.2 Å². The summed E-state index contributed by atoms with van der Waals surface area (Å²) in [6.07, 6.45) is 0. The van der Waals surface area contributed by atoms with Crippen molar-refractivity contribution in [2.24, 2.45) is 0 Å². The molecule has 0 saturated heterocycles. The second kappa shape index (κ2) is 8.39. The van der Waals surface area contributed by atoms with Crippen LogP contribution in [0.3, 0.4) is 0 Å². The first-order chi connectivity index (χ1) is 13.1. The largest absolute Gasteiger partial charge is 0.274 e. The van der Waals surface area contributed by atoms with Gasteiger partial charge in [-0.1, -0.05) is 29.8 Å². The van der Waals surface area contributed by atoms with Crippen LogP contribution in [0.15, 0.2) is 48.5 Å². The van der Waals surface area contributed by atoms with Gasteiger partial charge in [0.05, 0.1) is 21.0 Å². The van der Waals surface area contributed by atoms with Crippen LogP contribution >= 0.6 is 11.6 Å². The van der Waals surface area contributed by atoms with Crippen molar-refractivity contribution in [3.63, 3.8) is 0 Å². The molecule has 0 aliphatic carbocycles. The van der Waals surface area contributed by atoms with Gasteiger partial charge in [-0.15, -0.1) is 0 Å². The van der Waals surface area contributed by atoms with Crippen molar-refractivity contribution < 1.29 is 14.5 Å². The molecule has 148 valence electrons. The van der Waals surface area contributed by atoms with Gasteiger partial charge in [0.25, 0.3) is 17.5 Å². The average molecular weight is 404 g/mol. The maximum atomic E-state index is 13.3. The van der Waals surface area contributed by atoms with Crippen molar-refractivity contribution in [1.82, 2.24) is 10.0 Å². The van der Waals surface area contributed by atoms with E-state index in [0.717, 1.165) is 6.07 Å². The lowest BCUT2D eigenvalue weighted by atomic mass is 10.1. The van der Waals surface area contributed by atoms with E-state index in [9.17, 15) is 19.7 Å². The van der Waals surface area contributed by atoms with Crippen LogP contribution < -0.4 is 0 Å². The highest BCUT2D eigenvalue weighted by Gasteiger charge is 2.36. The van der Waals surface area contributed by atoms with Gasteiger partial charge in [0.15, 0.2) is 0 Å². The van der Waals surface area contributed by atoms with E-state index in [2.05, 4.69) is 0 Å². The maximum absolute atomic E-state index is 13.3. The molecule has 7 nitrogen and oxygen atoms in total. The highest BCUT2D eigenvalue weighted by molar-refractivity contribution is 6.34. The van der Waals surface area contributed by atoms with Crippen molar-refractivity contribution in [2.75, 3.05) is 6.54 Å². The van der Waals surface area contributed by atoms with E-state index in [1.54, 1.807) is 58.0 Å². The molecular formula is C20H22ClN3O4. The standard InChI is InChI=1S/C20H22ClN3O4/c1-5-22(18(25)14-9-7-6-8-10-14)23(20(2,3)4)19(26)16-12-11-15(24(27)28)13-17(16)21/h6-13H,5H2,1-4H3. The molecule has 0 saturated carbocycles. The van der Waals surface area contributed by atoms with Crippen molar-refractivity contribution in [3.05, 3.63) is 74.8 Å². The van der Waals surface area contributed by atoms with Crippen LogP contribution in [0.5, 0.6) is 0 Å². The number of carbonyl (C=O) groups excluding carboxylic acids is 2. The van der Waals surface area contributed by atoms with E-state index in [1.165, 1.54) is 22.2 Å². The lowest BCUT2D eigenvalue weighted by Gasteiger charge is -2.43. The molecule has 2 aromatic rings. The Hall–Kier alpha value is -2.93. The summed E-state index contributed by atoms with van der Waals surface area (Å²) in [5.74, 6) is -0.845. The predicted octanol–water partition coefficient (Wildman–Crippen LogP) is 4.57.